The summed E-state index contributed by atoms with van der Waals surface area (Å²) >= 11 is 1.53. The van der Waals surface area contributed by atoms with E-state index in [0.717, 1.165) is 21.7 Å². The number of carbonyl (C=O) groups excluding carboxylic acids is 2. The molecule has 9 nitrogen and oxygen atoms in total. The zero-order valence-electron chi connectivity index (χ0n) is 17.6. The van der Waals surface area contributed by atoms with Crippen molar-refractivity contribution in [2.24, 2.45) is 0 Å². The number of benzene rings is 1. The molecule has 0 bridgehead atoms. The van der Waals surface area contributed by atoms with Crippen LogP contribution in [0.4, 0.5) is 5.69 Å². The Bertz CT molecular complexity index is 1040. The van der Waals surface area contributed by atoms with Gasteiger partial charge in [0.15, 0.2) is 0 Å². The van der Waals surface area contributed by atoms with Gasteiger partial charge in [-0.25, -0.2) is 0 Å². The van der Waals surface area contributed by atoms with Crippen LogP contribution < -0.4 is 5.32 Å². The first-order chi connectivity index (χ1) is 15.0. The molecule has 1 aromatic carbocycles. The Kier molecular flexibility index (Phi) is 6.38. The Morgan fingerprint density at radius 3 is 2.45 bits per heavy atom. The third kappa shape index (κ3) is 5.15. The maximum absolute atomic E-state index is 12.6. The van der Waals surface area contributed by atoms with Gasteiger partial charge in [0.1, 0.15) is 6.54 Å². The normalized spacial score (nSPS) is 14.6. The number of hydrogen-bond donors (Lipinski definition) is 1. The molecule has 1 saturated heterocycles. The molecule has 162 valence electrons. The van der Waals surface area contributed by atoms with Crippen molar-refractivity contribution in [1.29, 1.82) is 0 Å². The molecule has 0 radical (unpaired) electrons. The average Bonchev–Trinajstić information content (AvgIpc) is 3.43. The van der Waals surface area contributed by atoms with Gasteiger partial charge in [0, 0.05) is 31.9 Å². The molecule has 2 aromatic heterocycles. The van der Waals surface area contributed by atoms with Crippen LogP contribution >= 0.6 is 11.3 Å². The molecule has 0 spiro atoms. The van der Waals surface area contributed by atoms with Gasteiger partial charge >= 0.3 is 0 Å². The maximum Gasteiger partial charge on any atom is 0.246 e. The predicted molar refractivity (Wildman–Crippen MR) is 119 cm³/mol. The minimum Gasteiger partial charge on any atom is -0.338 e. The molecule has 0 unspecified atom stereocenters. The Morgan fingerprint density at radius 2 is 1.77 bits per heavy atom. The third-order valence-corrected chi connectivity index (χ3v) is 6.17. The molecule has 1 aliphatic heterocycles. The van der Waals surface area contributed by atoms with E-state index in [0.29, 0.717) is 38.5 Å². The summed E-state index contributed by atoms with van der Waals surface area (Å²) in [6, 6.07) is 9.80. The van der Waals surface area contributed by atoms with E-state index in [1.807, 2.05) is 49.6 Å². The SMILES string of the molecule is Cc1cccc(C)c1NC(=O)CN1CCN(C(=O)Cn2nnc(-c3cccs3)n2)CC1. The molecule has 2 amide bonds. The van der Waals surface area contributed by atoms with Gasteiger partial charge < -0.3 is 10.2 Å². The number of carbonyl (C=O) groups is 2. The number of aryl methyl sites for hydroxylation is 2. The number of piperazine rings is 1. The lowest BCUT2D eigenvalue weighted by Crippen LogP contribution is -2.51. The van der Waals surface area contributed by atoms with Crippen LogP contribution in [0.1, 0.15) is 11.1 Å². The van der Waals surface area contributed by atoms with E-state index in [1.165, 1.54) is 16.1 Å². The Balaban J connectivity index is 1.25. The van der Waals surface area contributed by atoms with Crippen molar-refractivity contribution >= 4 is 28.8 Å². The van der Waals surface area contributed by atoms with Gasteiger partial charge in [-0.1, -0.05) is 24.3 Å². The third-order valence-electron chi connectivity index (χ3n) is 5.31. The lowest BCUT2D eigenvalue weighted by atomic mass is 10.1. The molecule has 31 heavy (non-hydrogen) atoms. The van der Waals surface area contributed by atoms with Crippen molar-refractivity contribution < 1.29 is 9.59 Å². The molecule has 3 heterocycles. The fourth-order valence-electron chi connectivity index (χ4n) is 3.58. The second-order valence-corrected chi connectivity index (χ2v) is 8.54. The van der Waals surface area contributed by atoms with Crippen molar-refractivity contribution in [2.75, 3.05) is 38.0 Å². The zero-order valence-corrected chi connectivity index (χ0v) is 18.4. The number of anilines is 1. The summed E-state index contributed by atoms with van der Waals surface area (Å²) < 4.78 is 0. The van der Waals surface area contributed by atoms with Crippen molar-refractivity contribution in [1.82, 2.24) is 30.0 Å². The Hall–Kier alpha value is -3.11. The lowest BCUT2D eigenvalue weighted by molar-refractivity contribution is -0.134. The second-order valence-electron chi connectivity index (χ2n) is 7.59. The highest BCUT2D eigenvalue weighted by Crippen LogP contribution is 2.20. The number of para-hydroxylation sites is 1. The molecule has 1 fully saturated rings. The number of tetrazole rings is 1. The number of hydrogen-bond acceptors (Lipinski definition) is 7. The van der Waals surface area contributed by atoms with Crippen LogP contribution in [0.5, 0.6) is 0 Å². The fraction of sp³-hybridized carbons (Fsp3) is 0.381. The van der Waals surface area contributed by atoms with E-state index in [-0.39, 0.29) is 18.4 Å². The standard InChI is InChI=1S/C21H25N7O2S/c1-15-5-3-6-16(2)20(15)22-18(29)13-26-8-10-27(11-9-26)19(30)14-28-24-21(23-25-28)17-7-4-12-31-17/h3-7,12H,8-11,13-14H2,1-2H3,(H,22,29). The van der Waals surface area contributed by atoms with Gasteiger partial charge in [0.05, 0.1) is 11.4 Å². The van der Waals surface area contributed by atoms with E-state index in [1.54, 1.807) is 4.90 Å². The summed E-state index contributed by atoms with van der Waals surface area (Å²) in [5.74, 6) is 0.447. The number of amides is 2. The van der Waals surface area contributed by atoms with Crippen molar-refractivity contribution in [3.05, 3.63) is 46.8 Å². The number of thiophene rings is 1. The van der Waals surface area contributed by atoms with E-state index < -0.39 is 0 Å². The van der Waals surface area contributed by atoms with Crippen LogP contribution in [-0.2, 0) is 16.1 Å². The molecule has 4 rings (SSSR count). The van der Waals surface area contributed by atoms with Gasteiger partial charge in [0.2, 0.25) is 17.6 Å². The van der Waals surface area contributed by atoms with Gasteiger partial charge in [0.25, 0.3) is 0 Å². The predicted octanol–water partition coefficient (Wildman–Crippen LogP) is 1.80. The van der Waals surface area contributed by atoms with Gasteiger partial charge in [-0.05, 0) is 41.6 Å². The quantitative estimate of drug-likeness (QED) is 0.629. The van der Waals surface area contributed by atoms with Crippen LogP contribution in [0.2, 0.25) is 0 Å². The Morgan fingerprint density at radius 1 is 1.03 bits per heavy atom. The highest BCUT2D eigenvalue weighted by Gasteiger charge is 2.23. The maximum atomic E-state index is 12.6. The number of aromatic nitrogens is 4. The summed E-state index contributed by atoms with van der Waals surface area (Å²) in [6.07, 6.45) is 0. The van der Waals surface area contributed by atoms with E-state index in [9.17, 15) is 9.59 Å². The van der Waals surface area contributed by atoms with Crippen molar-refractivity contribution in [2.45, 2.75) is 20.4 Å². The second kappa shape index (κ2) is 9.36. The van der Waals surface area contributed by atoms with Gasteiger partial charge in [-0.15, -0.1) is 21.5 Å². The molecule has 1 aliphatic rings. The first-order valence-corrected chi connectivity index (χ1v) is 11.1. The highest BCUT2D eigenvalue weighted by molar-refractivity contribution is 7.13. The molecule has 10 heteroatoms. The smallest absolute Gasteiger partial charge is 0.246 e. The Labute approximate surface area is 184 Å². The molecule has 0 aliphatic carbocycles. The zero-order chi connectivity index (χ0) is 21.8. The van der Waals surface area contributed by atoms with Crippen LogP contribution in [0, 0.1) is 13.8 Å². The van der Waals surface area contributed by atoms with Crippen LogP contribution in [0.15, 0.2) is 35.7 Å². The molecule has 1 N–H and O–H groups in total. The summed E-state index contributed by atoms with van der Waals surface area (Å²) in [7, 11) is 0. The molecule has 0 saturated carbocycles. The van der Waals surface area contributed by atoms with E-state index >= 15 is 0 Å². The van der Waals surface area contributed by atoms with E-state index in [4.69, 9.17) is 0 Å². The monoisotopic (exact) mass is 439 g/mol. The van der Waals surface area contributed by atoms with Gasteiger partial charge in [-0.2, -0.15) is 4.80 Å². The van der Waals surface area contributed by atoms with Crippen LogP contribution in [0.25, 0.3) is 10.7 Å². The minimum absolute atomic E-state index is 0.0369. The van der Waals surface area contributed by atoms with Gasteiger partial charge in [-0.3, -0.25) is 14.5 Å². The number of nitrogens with one attached hydrogen (secondary N) is 1. The van der Waals surface area contributed by atoms with Crippen LogP contribution in [-0.4, -0.2) is 74.5 Å². The largest absolute Gasteiger partial charge is 0.338 e. The molecule has 3 aromatic rings. The summed E-state index contributed by atoms with van der Waals surface area (Å²) in [4.78, 5) is 31.2. The number of rotatable bonds is 6. The minimum atomic E-state index is -0.0465. The summed E-state index contributed by atoms with van der Waals surface area (Å²) in [6.45, 7) is 6.79. The molecular formula is C21H25N7O2S. The van der Waals surface area contributed by atoms with E-state index in [2.05, 4.69) is 25.6 Å². The first kappa shape index (κ1) is 21.1. The molecule has 0 atom stereocenters. The first-order valence-electron chi connectivity index (χ1n) is 10.2. The lowest BCUT2D eigenvalue weighted by Gasteiger charge is -2.34. The van der Waals surface area contributed by atoms with Crippen molar-refractivity contribution in [3.63, 3.8) is 0 Å². The topological polar surface area (TPSA) is 96.2 Å². The van der Waals surface area contributed by atoms with Crippen molar-refractivity contribution in [3.8, 4) is 10.7 Å². The number of nitrogens with zero attached hydrogens (tertiary/aromatic N) is 6. The van der Waals surface area contributed by atoms with Crippen LogP contribution in [0.3, 0.4) is 0 Å². The molecular weight excluding hydrogens is 414 g/mol. The highest BCUT2D eigenvalue weighted by atomic mass is 32.1. The summed E-state index contributed by atoms with van der Waals surface area (Å²) in [5.41, 5.74) is 2.98. The average molecular weight is 440 g/mol. The fourth-order valence-corrected chi connectivity index (χ4v) is 4.23. The summed E-state index contributed by atoms with van der Waals surface area (Å²) in [5, 5.41) is 17.3.